The van der Waals surface area contributed by atoms with Gasteiger partial charge in [-0.05, 0) is 29.9 Å². The van der Waals surface area contributed by atoms with Crippen LogP contribution < -0.4 is 11.1 Å². The second-order valence-electron chi connectivity index (χ2n) is 3.50. The molecule has 7 heteroatoms. The molecule has 0 heterocycles. The molecule has 0 fully saturated rings. The van der Waals surface area contributed by atoms with Crippen LogP contribution in [0.1, 0.15) is 5.56 Å². The Kier molecular flexibility index (Phi) is 4.86. The third-order valence-corrected chi connectivity index (χ3v) is 3.69. The summed E-state index contributed by atoms with van der Waals surface area (Å²) in [5, 5.41) is 11.5. The minimum atomic E-state index is -3.24. The summed E-state index contributed by atoms with van der Waals surface area (Å²) in [6, 6.07) is 6.75. The van der Waals surface area contributed by atoms with Crippen molar-refractivity contribution in [3.63, 3.8) is 0 Å². The Morgan fingerprint density at radius 3 is 2.41 bits per heavy atom. The third-order valence-electron chi connectivity index (χ3n) is 2.01. The van der Waals surface area contributed by atoms with Crippen LogP contribution in [0.5, 0.6) is 0 Å². The van der Waals surface area contributed by atoms with Gasteiger partial charge in [0.25, 0.3) is 0 Å². The van der Waals surface area contributed by atoms with E-state index in [2.05, 4.69) is 17.5 Å². The van der Waals surface area contributed by atoms with E-state index in [1.807, 2.05) is 0 Å². The molecule has 0 amide bonds. The molecular formula is C10H14N2O3S2. The molecule has 94 valence electrons. The average molecular weight is 274 g/mol. The average Bonchev–Trinajstić information content (AvgIpc) is 2.19. The molecular weight excluding hydrogens is 260 g/mol. The lowest BCUT2D eigenvalue weighted by Gasteiger charge is -2.06. The molecule has 0 radical (unpaired) electrons. The number of hydrogen-bond donors (Lipinski definition) is 3. The van der Waals surface area contributed by atoms with Gasteiger partial charge in [0.2, 0.25) is 0 Å². The van der Waals surface area contributed by atoms with Crippen molar-refractivity contribution in [2.24, 2.45) is 5.73 Å². The number of nitrogens with one attached hydrogen (secondary N) is 1. The van der Waals surface area contributed by atoms with Crippen LogP contribution in [0, 0.1) is 0 Å². The van der Waals surface area contributed by atoms with Crippen molar-refractivity contribution in [1.82, 2.24) is 0 Å². The van der Waals surface area contributed by atoms with Gasteiger partial charge in [-0.1, -0.05) is 12.1 Å². The summed E-state index contributed by atoms with van der Waals surface area (Å²) in [7, 11) is -3.24. The Bertz CT molecular complexity index is 483. The topological polar surface area (TPSA) is 92.4 Å². The summed E-state index contributed by atoms with van der Waals surface area (Å²) in [5.41, 5.74) is 6.67. The highest BCUT2D eigenvalue weighted by molar-refractivity contribution is 7.90. The van der Waals surface area contributed by atoms with Crippen molar-refractivity contribution in [1.29, 1.82) is 0 Å². The molecule has 0 saturated carbocycles. The molecule has 17 heavy (non-hydrogen) atoms. The molecule has 1 rings (SSSR count). The maximum atomic E-state index is 11.4. The summed E-state index contributed by atoms with van der Waals surface area (Å²) < 4.78 is 22.9. The Hall–Kier alpha value is -1.18. The summed E-state index contributed by atoms with van der Waals surface area (Å²) in [6.07, 6.45) is 0. The second kappa shape index (κ2) is 5.95. The SMILES string of the molecule is NC(=S)Nc1ccc(CS(=O)(=O)CCO)cc1. The number of rotatable bonds is 5. The van der Waals surface area contributed by atoms with Crippen molar-refractivity contribution in [2.75, 3.05) is 17.7 Å². The predicted molar refractivity (Wildman–Crippen MR) is 71.4 cm³/mol. The van der Waals surface area contributed by atoms with Gasteiger partial charge in [0, 0.05) is 5.69 Å². The van der Waals surface area contributed by atoms with Crippen molar-refractivity contribution >= 4 is 32.9 Å². The van der Waals surface area contributed by atoms with Crippen LogP contribution in [0.3, 0.4) is 0 Å². The molecule has 0 aromatic heterocycles. The molecule has 0 unspecified atom stereocenters. The van der Waals surface area contributed by atoms with E-state index in [9.17, 15) is 8.42 Å². The van der Waals surface area contributed by atoms with Gasteiger partial charge in [-0.2, -0.15) is 0 Å². The number of aliphatic hydroxyl groups excluding tert-OH is 1. The first-order chi connectivity index (χ1) is 7.93. The highest BCUT2D eigenvalue weighted by Gasteiger charge is 2.10. The van der Waals surface area contributed by atoms with Gasteiger partial charge in [-0.15, -0.1) is 0 Å². The molecule has 4 N–H and O–H groups in total. The van der Waals surface area contributed by atoms with E-state index in [-0.39, 0.29) is 23.2 Å². The fourth-order valence-electron chi connectivity index (χ4n) is 1.29. The first-order valence-electron chi connectivity index (χ1n) is 4.89. The van der Waals surface area contributed by atoms with E-state index in [4.69, 9.17) is 10.8 Å². The minimum Gasteiger partial charge on any atom is -0.395 e. The van der Waals surface area contributed by atoms with E-state index in [1.165, 1.54) is 0 Å². The van der Waals surface area contributed by atoms with Crippen molar-refractivity contribution < 1.29 is 13.5 Å². The summed E-state index contributed by atoms with van der Waals surface area (Å²) >= 11 is 4.68. The first-order valence-corrected chi connectivity index (χ1v) is 7.12. The van der Waals surface area contributed by atoms with Crippen LogP contribution in [-0.4, -0.2) is 31.0 Å². The molecule has 0 bridgehead atoms. The number of benzene rings is 1. The van der Waals surface area contributed by atoms with E-state index in [0.29, 0.717) is 11.3 Å². The van der Waals surface area contributed by atoms with E-state index < -0.39 is 9.84 Å². The van der Waals surface area contributed by atoms with Gasteiger partial charge in [-0.3, -0.25) is 0 Å². The van der Waals surface area contributed by atoms with E-state index in [0.717, 1.165) is 0 Å². The van der Waals surface area contributed by atoms with Gasteiger partial charge in [-0.25, -0.2) is 8.42 Å². The van der Waals surface area contributed by atoms with E-state index in [1.54, 1.807) is 24.3 Å². The highest BCUT2D eigenvalue weighted by Crippen LogP contribution is 2.12. The number of hydrogen-bond acceptors (Lipinski definition) is 4. The van der Waals surface area contributed by atoms with Crippen molar-refractivity contribution in [2.45, 2.75) is 5.75 Å². The quantitative estimate of drug-likeness (QED) is 0.667. The summed E-state index contributed by atoms with van der Waals surface area (Å²) in [4.78, 5) is 0. The van der Waals surface area contributed by atoms with Gasteiger partial charge in [0.15, 0.2) is 14.9 Å². The maximum absolute atomic E-state index is 11.4. The van der Waals surface area contributed by atoms with E-state index >= 15 is 0 Å². The normalized spacial score (nSPS) is 11.1. The summed E-state index contributed by atoms with van der Waals surface area (Å²) in [6.45, 7) is -0.358. The van der Waals surface area contributed by atoms with Crippen LogP contribution in [0.4, 0.5) is 5.69 Å². The molecule has 0 spiro atoms. The lowest BCUT2D eigenvalue weighted by Crippen LogP contribution is -2.18. The van der Waals surface area contributed by atoms with Crippen LogP contribution in [0.15, 0.2) is 24.3 Å². The first kappa shape index (κ1) is 13.9. The number of aliphatic hydroxyl groups is 1. The van der Waals surface area contributed by atoms with Crippen LogP contribution in [0.2, 0.25) is 0 Å². The van der Waals surface area contributed by atoms with Crippen molar-refractivity contribution in [3.8, 4) is 0 Å². The lowest BCUT2D eigenvalue weighted by atomic mass is 10.2. The zero-order valence-electron chi connectivity index (χ0n) is 9.09. The zero-order valence-corrected chi connectivity index (χ0v) is 10.7. The van der Waals surface area contributed by atoms with Crippen molar-refractivity contribution in [3.05, 3.63) is 29.8 Å². The fraction of sp³-hybridized carbons (Fsp3) is 0.300. The van der Waals surface area contributed by atoms with Crippen LogP contribution >= 0.6 is 12.2 Å². The molecule has 0 atom stereocenters. The Labute approximate surface area is 106 Å². The fourth-order valence-corrected chi connectivity index (χ4v) is 2.53. The largest absolute Gasteiger partial charge is 0.395 e. The highest BCUT2D eigenvalue weighted by atomic mass is 32.2. The predicted octanol–water partition coefficient (Wildman–Crippen LogP) is 0.249. The van der Waals surface area contributed by atoms with Gasteiger partial charge >= 0.3 is 0 Å². The van der Waals surface area contributed by atoms with Crippen LogP contribution in [0.25, 0.3) is 0 Å². The van der Waals surface area contributed by atoms with Gasteiger partial charge < -0.3 is 16.2 Å². The number of sulfone groups is 1. The molecule has 0 aliphatic rings. The monoisotopic (exact) mass is 274 g/mol. The molecule has 0 aliphatic carbocycles. The molecule has 5 nitrogen and oxygen atoms in total. The number of nitrogens with two attached hydrogens (primary N) is 1. The number of thiocarbonyl (C=S) groups is 1. The molecule has 0 aliphatic heterocycles. The van der Waals surface area contributed by atoms with Gasteiger partial charge in [0.1, 0.15) is 0 Å². The Balaban J connectivity index is 2.72. The Morgan fingerprint density at radius 2 is 1.94 bits per heavy atom. The molecule has 1 aromatic rings. The maximum Gasteiger partial charge on any atom is 0.168 e. The zero-order chi connectivity index (χ0) is 12.9. The smallest absolute Gasteiger partial charge is 0.168 e. The van der Waals surface area contributed by atoms with Crippen LogP contribution in [-0.2, 0) is 15.6 Å². The molecule has 1 aromatic carbocycles. The minimum absolute atomic E-state index is 0.0824. The third kappa shape index (κ3) is 5.12. The lowest BCUT2D eigenvalue weighted by molar-refractivity contribution is 0.319. The summed E-state index contributed by atoms with van der Waals surface area (Å²) in [5.74, 6) is -0.305. The molecule has 0 saturated heterocycles. The Morgan fingerprint density at radius 1 is 1.35 bits per heavy atom. The number of anilines is 1. The standard InChI is InChI=1S/C10H14N2O3S2/c11-10(16)12-9-3-1-8(2-4-9)7-17(14,15)6-5-13/h1-4,13H,5-7H2,(H3,11,12,16). The van der Waals surface area contributed by atoms with Gasteiger partial charge in [0.05, 0.1) is 18.1 Å². The second-order valence-corrected chi connectivity index (χ2v) is 6.13.